The van der Waals surface area contributed by atoms with Crippen LogP contribution in [0.3, 0.4) is 0 Å². The monoisotopic (exact) mass is 190 g/mol. The van der Waals surface area contributed by atoms with E-state index in [1.165, 1.54) is 0 Å². The summed E-state index contributed by atoms with van der Waals surface area (Å²) < 4.78 is 0. The Bertz CT molecular complexity index is 150. The van der Waals surface area contributed by atoms with Crippen LogP contribution in [0.5, 0.6) is 0 Å². The fourth-order valence-electron chi connectivity index (χ4n) is 1.19. The van der Waals surface area contributed by atoms with Crippen molar-refractivity contribution in [2.24, 2.45) is 34.4 Å². The summed E-state index contributed by atoms with van der Waals surface area (Å²) in [5.74, 6) is -1.31. The van der Waals surface area contributed by atoms with Crippen LogP contribution < -0.4 is 34.4 Å². The summed E-state index contributed by atoms with van der Waals surface area (Å²) in [6.45, 7) is 1.97. The lowest BCUT2D eigenvalue weighted by Crippen LogP contribution is -2.69. The van der Waals surface area contributed by atoms with E-state index >= 15 is 0 Å². The maximum absolute atomic E-state index is 5.76. The standard InChI is InChI=1S/C7H22N6/c1-2-3-6(9,10)5(8)4-7(11,12)13/h5H,2-4,8-13H2,1H3. The second kappa shape index (κ2) is 4.32. The molecule has 0 fully saturated rings. The first-order valence-electron chi connectivity index (χ1n) is 4.39. The molecular weight excluding hydrogens is 168 g/mol. The maximum atomic E-state index is 5.76. The summed E-state index contributed by atoms with van der Waals surface area (Å²) in [6, 6.07) is -0.493. The molecule has 0 aromatic rings. The van der Waals surface area contributed by atoms with Crippen LogP contribution in [0.1, 0.15) is 26.2 Å². The Kier molecular flexibility index (Phi) is 4.24. The molecule has 0 bridgehead atoms. The van der Waals surface area contributed by atoms with Crippen molar-refractivity contribution in [1.29, 1.82) is 0 Å². The zero-order valence-electron chi connectivity index (χ0n) is 8.16. The van der Waals surface area contributed by atoms with E-state index < -0.39 is 17.5 Å². The SMILES string of the molecule is CCCC(N)(N)C(N)CC(N)(N)N. The van der Waals surface area contributed by atoms with Gasteiger partial charge in [-0.05, 0) is 6.42 Å². The van der Waals surface area contributed by atoms with Crippen LogP contribution in [0.25, 0.3) is 0 Å². The Morgan fingerprint density at radius 3 is 1.85 bits per heavy atom. The molecule has 0 rings (SSSR count). The molecule has 0 saturated heterocycles. The van der Waals surface area contributed by atoms with Crippen LogP contribution in [-0.4, -0.2) is 17.5 Å². The molecule has 13 heavy (non-hydrogen) atoms. The third-order valence-electron chi connectivity index (χ3n) is 1.95. The van der Waals surface area contributed by atoms with Gasteiger partial charge in [-0.2, -0.15) is 0 Å². The Morgan fingerprint density at radius 1 is 1.08 bits per heavy atom. The van der Waals surface area contributed by atoms with Gasteiger partial charge in [0.25, 0.3) is 0 Å². The molecule has 1 unspecified atom stereocenters. The van der Waals surface area contributed by atoms with Gasteiger partial charge in [0.2, 0.25) is 0 Å². The first-order valence-corrected chi connectivity index (χ1v) is 4.39. The van der Waals surface area contributed by atoms with Gasteiger partial charge in [0.15, 0.2) is 0 Å². The molecule has 6 heteroatoms. The first-order chi connectivity index (χ1) is 5.69. The molecule has 0 amide bonds. The highest BCUT2D eigenvalue weighted by Gasteiger charge is 2.30. The smallest absolute Gasteiger partial charge is 0.117 e. The van der Waals surface area contributed by atoms with E-state index in [4.69, 9.17) is 34.4 Å². The summed E-state index contributed by atoms with van der Waals surface area (Å²) >= 11 is 0. The topological polar surface area (TPSA) is 156 Å². The highest BCUT2D eigenvalue weighted by atomic mass is 15.1. The molecule has 0 aromatic carbocycles. The van der Waals surface area contributed by atoms with Crippen molar-refractivity contribution in [2.75, 3.05) is 0 Å². The molecular formula is C7H22N6. The zero-order valence-corrected chi connectivity index (χ0v) is 8.16. The maximum Gasteiger partial charge on any atom is 0.117 e. The summed E-state index contributed by atoms with van der Waals surface area (Å²) in [6.07, 6.45) is 1.66. The van der Waals surface area contributed by atoms with Crippen LogP contribution >= 0.6 is 0 Å². The van der Waals surface area contributed by atoms with Crippen LogP contribution in [-0.2, 0) is 0 Å². The van der Waals surface area contributed by atoms with Crippen molar-refractivity contribution < 1.29 is 0 Å². The summed E-state index contributed by atoms with van der Waals surface area (Å²) in [5.41, 5.74) is 32.5. The van der Waals surface area contributed by atoms with Crippen LogP contribution in [0.15, 0.2) is 0 Å². The second-order valence-electron chi connectivity index (χ2n) is 3.79. The van der Waals surface area contributed by atoms with Crippen molar-refractivity contribution in [3.63, 3.8) is 0 Å². The molecule has 80 valence electrons. The minimum Gasteiger partial charge on any atom is -0.325 e. The number of hydrogen-bond acceptors (Lipinski definition) is 6. The van der Waals surface area contributed by atoms with Gasteiger partial charge < -0.3 is 34.4 Å². The molecule has 0 aliphatic heterocycles. The fourth-order valence-corrected chi connectivity index (χ4v) is 1.19. The van der Waals surface area contributed by atoms with Gasteiger partial charge in [-0.15, -0.1) is 0 Å². The number of hydrogen-bond donors (Lipinski definition) is 6. The van der Waals surface area contributed by atoms with E-state index in [0.29, 0.717) is 6.42 Å². The molecule has 0 radical (unpaired) electrons. The van der Waals surface area contributed by atoms with Crippen molar-refractivity contribution >= 4 is 0 Å². The Labute approximate surface area is 79.0 Å². The first kappa shape index (κ1) is 12.8. The summed E-state index contributed by atoms with van der Waals surface area (Å²) in [5, 5.41) is 0. The summed E-state index contributed by atoms with van der Waals surface area (Å²) in [7, 11) is 0. The Morgan fingerprint density at radius 2 is 1.54 bits per heavy atom. The molecule has 0 heterocycles. The van der Waals surface area contributed by atoms with Gasteiger partial charge >= 0.3 is 0 Å². The molecule has 0 aliphatic carbocycles. The van der Waals surface area contributed by atoms with E-state index in [1.807, 2.05) is 6.92 Å². The van der Waals surface area contributed by atoms with E-state index in [-0.39, 0.29) is 6.42 Å². The Balaban J connectivity index is 4.16. The third kappa shape index (κ3) is 5.14. The van der Waals surface area contributed by atoms with Crippen molar-refractivity contribution in [3.05, 3.63) is 0 Å². The van der Waals surface area contributed by atoms with Crippen molar-refractivity contribution in [2.45, 2.75) is 43.7 Å². The van der Waals surface area contributed by atoms with Gasteiger partial charge in [0.05, 0.1) is 5.66 Å². The molecule has 6 nitrogen and oxygen atoms in total. The van der Waals surface area contributed by atoms with E-state index in [1.54, 1.807) is 0 Å². The minimum absolute atomic E-state index is 0.194. The Hall–Kier alpha value is -0.240. The van der Waals surface area contributed by atoms with Gasteiger partial charge in [0, 0.05) is 12.5 Å². The molecule has 0 aliphatic rings. The normalized spacial score (nSPS) is 15.9. The van der Waals surface area contributed by atoms with Crippen LogP contribution in [0.4, 0.5) is 0 Å². The minimum atomic E-state index is -1.31. The fraction of sp³-hybridized carbons (Fsp3) is 1.00. The predicted octanol–water partition coefficient (Wildman–Crippen LogP) is -2.35. The molecule has 0 aromatic heterocycles. The number of rotatable bonds is 5. The summed E-state index contributed by atoms with van der Waals surface area (Å²) in [4.78, 5) is 0. The van der Waals surface area contributed by atoms with Gasteiger partial charge in [0.1, 0.15) is 5.79 Å². The molecule has 12 N–H and O–H groups in total. The zero-order chi connectivity index (χ0) is 10.7. The van der Waals surface area contributed by atoms with Gasteiger partial charge in [-0.1, -0.05) is 13.3 Å². The quantitative estimate of drug-likeness (QED) is 0.266. The highest BCUT2D eigenvalue weighted by molar-refractivity contribution is 4.92. The average Bonchev–Trinajstić information content (AvgIpc) is 1.82. The lowest BCUT2D eigenvalue weighted by Gasteiger charge is -2.34. The average molecular weight is 190 g/mol. The van der Waals surface area contributed by atoms with Crippen molar-refractivity contribution in [3.8, 4) is 0 Å². The van der Waals surface area contributed by atoms with E-state index in [0.717, 1.165) is 6.42 Å². The molecule has 0 spiro atoms. The lowest BCUT2D eigenvalue weighted by atomic mass is 9.93. The van der Waals surface area contributed by atoms with Crippen LogP contribution in [0, 0.1) is 0 Å². The lowest BCUT2D eigenvalue weighted by molar-refractivity contribution is 0.263. The molecule has 0 saturated carbocycles. The van der Waals surface area contributed by atoms with E-state index in [9.17, 15) is 0 Å². The van der Waals surface area contributed by atoms with Crippen LogP contribution in [0.2, 0.25) is 0 Å². The number of nitrogens with two attached hydrogens (primary N) is 6. The predicted molar refractivity (Wildman–Crippen MR) is 53.9 cm³/mol. The largest absolute Gasteiger partial charge is 0.325 e. The highest BCUT2D eigenvalue weighted by Crippen LogP contribution is 2.10. The third-order valence-corrected chi connectivity index (χ3v) is 1.95. The van der Waals surface area contributed by atoms with E-state index in [2.05, 4.69) is 0 Å². The van der Waals surface area contributed by atoms with Crippen molar-refractivity contribution in [1.82, 2.24) is 0 Å². The van der Waals surface area contributed by atoms with Gasteiger partial charge in [-0.25, -0.2) is 0 Å². The second-order valence-corrected chi connectivity index (χ2v) is 3.79. The molecule has 1 atom stereocenters. The van der Waals surface area contributed by atoms with Gasteiger partial charge in [-0.3, -0.25) is 0 Å².